The van der Waals surface area contributed by atoms with Gasteiger partial charge in [0.05, 0.1) is 6.61 Å². The van der Waals surface area contributed by atoms with Crippen LogP contribution in [0.4, 0.5) is 0 Å². The van der Waals surface area contributed by atoms with Gasteiger partial charge in [0.1, 0.15) is 0 Å². The molecule has 1 atom stereocenters. The summed E-state index contributed by atoms with van der Waals surface area (Å²) in [6.45, 7) is 6.17. The number of carbonyl (C=O) groups excluding carboxylic acids is 1. The summed E-state index contributed by atoms with van der Waals surface area (Å²) in [4.78, 5) is 10.8. The molecule has 14 heavy (non-hydrogen) atoms. The molecule has 1 aliphatic rings. The summed E-state index contributed by atoms with van der Waals surface area (Å²) in [6.07, 6.45) is 7.68. The van der Waals surface area contributed by atoms with E-state index in [1.54, 1.807) is 0 Å². The topological polar surface area (TPSA) is 26.3 Å². The van der Waals surface area contributed by atoms with Gasteiger partial charge >= 0.3 is 5.97 Å². The van der Waals surface area contributed by atoms with Crippen molar-refractivity contribution in [2.75, 3.05) is 6.61 Å². The summed E-state index contributed by atoms with van der Waals surface area (Å²) in [5.41, 5.74) is 0. The van der Waals surface area contributed by atoms with E-state index in [2.05, 4.69) is 13.5 Å². The number of rotatable bonds is 5. The summed E-state index contributed by atoms with van der Waals surface area (Å²) in [5, 5.41) is 0. The standard InChI is InChI=1S/C12H20O2/c1-3-12(13)14-9-8-10(2)11-6-4-5-7-11/h3,10-11H,1,4-9H2,2H3. The average molecular weight is 196 g/mol. The molecule has 2 nitrogen and oxygen atoms in total. The quantitative estimate of drug-likeness (QED) is 0.499. The van der Waals surface area contributed by atoms with Crippen molar-refractivity contribution in [3.63, 3.8) is 0 Å². The lowest BCUT2D eigenvalue weighted by atomic mass is 9.90. The Hall–Kier alpha value is -0.790. The van der Waals surface area contributed by atoms with Gasteiger partial charge in [-0.2, -0.15) is 0 Å². The zero-order valence-corrected chi connectivity index (χ0v) is 9.00. The predicted molar refractivity (Wildman–Crippen MR) is 56.9 cm³/mol. The fraction of sp³-hybridized carbons (Fsp3) is 0.750. The molecule has 1 unspecified atom stereocenters. The molecule has 1 saturated carbocycles. The summed E-state index contributed by atoms with van der Waals surface area (Å²) in [6, 6.07) is 0. The SMILES string of the molecule is C=CC(=O)OCCC(C)C1CCCC1. The van der Waals surface area contributed by atoms with Gasteiger partial charge in [-0.15, -0.1) is 0 Å². The Balaban J connectivity index is 2.10. The van der Waals surface area contributed by atoms with E-state index in [1.165, 1.54) is 31.8 Å². The van der Waals surface area contributed by atoms with Crippen molar-refractivity contribution in [3.05, 3.63) is 12.7 Å². The van der Waals surface area contributed by atoms with Gasteiger partial charge in [0.15, 0.2) is 0 Å². The zero-order valence-electron chi connectivity index (χ0n) is 9.00. The van der Waals surface area contributed by atoms with Crippen LogP contribution in [0.1, 0.15) is 39.0 Å². The van der Waals surface area contributed by atoms with E-state index in [-0.39, 0.29) is 5.97 Å². The van der Waals surface area contributed by atoms with Crippen LogP contribution in [-0.2, 0) is 9.53 Å². The first-order valence-electron chi connectivity index (χ1n) is 5.53. The predicted octanol–water partition coefficient (Wildman–Crippen LogP) is 2.93. The largest absolute Gasteiger partial charge is 0.463 e. The highest BCUT2D eigenvalue weighted by atomic mass is 16.5. The van der Waals surface area contributed by atoms with Crippen LogP contribution in [0.2, 0.25) is 0 Å². The minimum absolute atomic E-state index is 0.302. The van der Waals surface area contributed by atoms with Crippen molar-refractivity contribution in [1.82, 2.24) is 0 Å². The lowest BCUT2D eigenvalue weighted by Crippen LogP contribution is -2.12. The van der Waals surface area contributed by atoms with Crippen molar-refractivity contribution in [3.8, 4) is 0 Å². The third kappa shape index (κ3) is 3.52. The molecule has 0 bridgehead atoms. The maximum atomic E-state index is 10.8. The van der Waals surface area contributed by atoms with Gasteiger partial charge < -0.3 is 4.74 Å². The van der Waals surface area contributed by atoms with Crippen LogP contribution in [0.15, 0.2) is 12.7 Å². The number of ether oxygens (including phenoxy) is 1. The molecule has 0 radical (unpaired) electrons. The Kier molecular flexibility index (Phi) is 4.71. The van der Waals surface area contributed by atoms with Crippen molar-refractivity contribution >= 4 is 5.97 Å². The van der Waals surface area contributed by atoms with Gasteiger partial charge in [-0.05, 0) is 18.3 Å². The molecule has 0 N–H and O–H groups in total. The molecule has 0 spiro atoms. The molecule has 2 heteroatoms. The monoisotopic (exact) mass is 196 g/mol. The third-order valence-corrected chi connectivity index (χ3v) is 3.19. The Morgan fingerprint density at radius 3 is 2.79 bits per heavy atom. The maximum Gasteiger partial charge on any atom is 0.330 e. The van der Waals surface area contributed by atoms with E-state index in [0.717, 1.165) is 12.3 Å². The average Bonchev–Trinajstić information content (AvgIpc) is 2.70. The van der Waals surface area contributed by atoms with Crippen LogP contribution < -0.4 is 0 Å². The molecule has 0 aromatic carbocycles. The van der Waals surface area contributed by atoms with E-state index >= 15 is 0 Å². The molecule has 0 amide bonds. The summed E-state index contributed by atoms with van der Waals surface area (Å²) in [5.74, 6) is 1.25. The Morgan fingerprint density at radius 1 is 1.57 bits per heavy atom. The molecule has 1 rings (SSSR count). The lowest BCUT2D eigenvalue weighted by molar-refractivity contribution is -0.138. The normalized spacial score (nSPS) is 19.2. The van der Waals surface area contributed by atoms with Gasteiger partial charge in [0.25, 0.3) is 0 Å². The number of esters is 1. The molecule has 0 heterocycles. The summed E-state index contributed by atoms with van der Waals surface area (Å²) in [7, 11) is 0. The Bertz CT molecular complexity index is 192. The van der Waals surface area contributed by atoms with Crippen LogP contribution >= 0.6 is 0 Å². The maximum absolute atomic E-state index is 10.8. The molecule has 0 aromatic rings. The number of carbonyl (C=O) groups is 1. The van der Waals surface area contributed by atoms with Crippen molar-refractivity contribution < 1.29 is 9.53 Å². The van der Waals surface area contributed by atoms with Gasteiger partial charge in [-0.25, -0.2) is 4.79 Å². The highest BCUT2D eigenvalue weighted by Gasteiger charge is 2.21. The fourth-order valence-electron chi connectivity index (χ4n) is 2.17. The molecule has 80 valence electrons. The van der Waals surface area contributed by atoms with Gasteiger partial charge in [-0.1, -0.05) is 39.2 Å². The van der Waals surface area contributed by atoms with E-state index < -0.39 is 0 Å². The minimum atomic E-state index is -0.302. The highest BCUT2D eigenvalue weighted by molar-refractivity contribution is 5.81. The van der Waals surface area contributed by atoms with Crippen LogP contribution in [0, 0.1) is 11.8 Å². The van der Waals surface area contributed by atoms with Crippen molar-refractivity contribution in [2.24, 2.45) is 11.8 Å². The van der Waals surface area contributed by atoms with E-state index in [9.17, 15) is 4.79 Å². The highest BCUT2D eigenvalue weighted by Crippen LogP contribution is 2.32. The second-order valence-corrected chi connectivity index (χ2v) is 4.18. The van der Waals surface area contributed by atoms with Crippen LogP contribution in [0.3, 0.4) is 0 Å². The molecule has 0 aromatic heterocycles. The molecule has 0 saturated heterocycles. The number of hydrogen-bond acceptors (Lipinski definition) is 2. The first-order valence-corrected chi connectivity index (χ1v) is 5.53. The van der Waals surface area contributed by atoms with Crippen LogP contribution in [0.25, 0.3) is 0 Å². The summed E-state index contributed by atoms with van der Waals surface area (Å²) < 4.78 is 4.96. The van der Waals surface area contributed by atoms with Crippen LogP contribution in [-0.4, -0.2) is 12.6 Å². The zero-order chi connectivity index (χ0) is 10.4. The molecular formula is C12H20O2. The van der Waals surface area contributed by atoms with E-state index in [0.29, 0.717) is 12.5 Å². The first-order chi connectivity index (χ1) is 6.74. The van der Waals surface area contributed by atoms with Crippen molar-refractivity contribution in [2.45, 2.75) is 39.0 Å². The van der Waals surface area contributed by atoms with Crippen molar-refractivity contribution in [1.29, 1.82) is 0 Å². The third-order valence-electron chi connectivity index (χ3n) is 3.19. The Labute approximate surface area is 86.3 Å². The second kappa shape index (κ2) is 5.84. The van der Waals surface area contributed by atoms with E-state index in [4.69, 9.17) is 4.74 Å². The van der Waals surface area contributed by atoms with Gasteiger partial charge in [0, 0.05) is 6.08 Å². The van der Waals surface area contributed by atoms with Gasteiger partial charge in [-0.3, -0.25) is 0 Å². The van der Waals surface area contributed by atoms with E-state index in [1.807, 2.05) is 0 Å². The first kappa shape index (κ1) is 11.3. The Morgan fingerprint density at radius 2 is 2.21 bits per heavy atom. The molecule has 0 aliphatic heterocycles. The second-order valence-electron chi connectivity index (χ2n) is 4.18. The number of hydrogen-bond donors (Lipinski definition) is 0. The van der Waals surface area contributed by atoms with Crippen LogP contribution in [0.5, 0.6) is 0 Å². The molecular weight excluding hydrogens is 176 g/mol. The smallest absolute Gasteiger partial charge is 0.330 e. The fourth-order valence-corrected chi connectivity index (χ4v) is 2.17. The summed E-state index contributed by atoms with van der Waals surface area (Å²) >= 11 is 0. The molecule has 1 aliphatic carbocycles. The minimum Gasteiger partial charge on any atom is -0.463 e. The molecule has 1 fully saturated rings. The lowest BCUT2D eigenvalue weighted by Gasteiger charge is -2.18. The van der Waals surface area contributed by atoms with Gasteiger partial charge in [0.2, 0.25) is 0 Å².